The van der Waals surface area contributed by atoms with Crippen molar-refractivity contribution in [1.82, 2.24) is 9.80 Å². The number of hydrogen-bond donors (Lipinski definition) is 0. The van der Waals surface area contributed by atoms with E-state index in [2.05, 4.69) is 0 Å². The van der Waals surface area contributed by atoms with Crippen molar-refractivity contribution in [3.63, 3.8) is 0 Å². The van der Waals surface area contributed by atoms with Crippen molar-refractivity contribution < 1.29 is 9.59 Å². The number of nitrogens with zero attached hydrogens (tertiary/aromatic N) is 3. The summed E-state index contributed by atoms with van der Waals surface area (Å²) in [5.41, 5.74) is 0. The van der Waals surface area contributed by atoms with Gasteiger partial charge < -0.3 is 9.80 Å². The first-order chi connectivity index (χ1) is 8.69. The molecule has 0 aromatic rings. The standard InChI is InChI=1S/C13H21N3O2/c1-2-8-15-9-5-10-16(11-13(15)18)12(17)6-3-4-7-14/h2-6,8-11H2,1H3. The molecule has 5 heteroatoms. The van der Waals surface area contributed by atoms with Gasteiger partial charge in [-0.3, -0.25) is 9.59 Å². The summed E-state index contributed by atoms with van der Waals surface area (Å²) in [5.74, 6) is 0.0416. The molecule has 1 fully saturated rings. The molecule has 1 rings (SSSR count). The lowest BCUT2D eigenvalue weighted by atomic mass is 10.2. The third-order valence-electron chi connectivity index (χ3n) is 3.06. The average Bonchev–Trinajstić information content (AvgIpc) is 2.53. The molecule has 0 aliphatic carbocycles. The molecule has 0 aromatic heterocycles. The quantitative estimate of drug-likeness (QED) is 0.688. The van der Waals surface area contributed by atoms with E-state index in [4.69, 9.17) is 5.26 Å². The highest BCUT2D eigenvalue weighted by Gasteiger charge is 2.23. The Kier molecular flexibility index (Phi) is 6.20. The van der Waals surface area contributed by atoms with Crippen LogP contribution in [-0.2, 0) is 9.59 Å². The van der Waals surface area contributed by atoms with Crippen LogP contribution in [-0.4, -0.2) is 47.8 Å². The highest BCUT2D eigenvalue weighted by Crippen LogP contribution is 2.08. The first kappa shape index (κ1) is 14.5. The predicted molar refractivity (Wildman–Crippen MR) is 67.5 cm³/mol. The van der Waals surface area contributed by atoms with E-state index in [1.807, 2.05) is 17.9 Å². The number of nitriles is 1. The minimum absolute atomic E-state index is 0.00283. The number of carbonyl (C=O) groups is 2. The van der Waals surface area contributed by atoms with Gasteiger partial charge in [0.1, 0.15) is 0 Å². The summed E-state index contributed by atoms with van der Waals surface area (Å²) in [5, 5.41) is 8.43. The average molecular weight is 251 g/mol. The molecule has 0 unspecified atom stereocenters. The van der Waals surface area contributed by atoms with Crippen molar-refractivity contribution in [3.8, 4) is 6.07 Å². The van der Waals surface area contributed by atoms with Crippen LogP contribution in [0.1, 0.15) is 39.0 Å². The first-order valence-corrected chi connectivity index (χ1v) is 6.61. The summed E-state index contributed by atoms with van der Waals surface area (Å²) in [6.07, 6.45) is 3.14. The van der Waals surface area contributed by atoms with E-state index < -0.39 is 0 Å². The molecule has 2 amide bonds. The van der Waals surface area contributed by atoms with Crippen LogP contribution in [0.4, 0.5) is 0 Å². The van der Waals surface area contributed by atoms with E-state index >= 15 is 0 Å². The van der Waals surface area contributed by atoms with Crippen molar-refractivity contribution in [1.29, 1.82) is 5.26 Å². The number of rotatable bonds is 5. The van der Waals surface area contributed by atoms with Crippen LogP contribution in [0.5, 0.6) is 0 Å². The second-order valence-electron chi connectivity index (χ2n) is 4.56. The highest BCUT2D eigenvalue weighted by atomic mass is 16.2. The normalized spacial score (nSPS) is 16.3. The molecule has 0 atom stereocenters. The third kappa shape index (κ3) is 4.36. The van der Waals surface area contributed by atoms with Crippen molar-refractivity contribution in [2.75, 3.05) is 26.2 Å². The van der Waals surface area contributed by atoms with Crippen molar-refractivity contribution >= 4 is 11.8 Å². The Morgan fingerprint density at radius 2 is 2.22 bits per heavy atom. The molecular weight excluding hydrogens is 230 g/mol. The van der Waals surface area contributed by atoms with E-state index in [0.29, 0.717) is 25.8 Å². The molecular formula is C13H21N3O2. The van der Waals surface area contributed by atoms with Gasteiger partial charge in [0.15, 0.2) is 0 Å². The Bertz CT molecular complexity index is 336. The minimum atomic E-state index is -0.00283. The van der Waals surface area contributed by atoms with Crippen molar-refractivity contribution in [3.05, 3.63) is 0 Å². The Balaban J connectivity index is 2.46. The largest absolute Gasteiger partial charge is 0.341 e. The van der Waals surface area contributed by atoms with Gasteiger partial charge in [0, 0.05) is 32.5 Å². The lowest BCUT2D eigenvalue weighted by Gasteiger charge is -2.21. The Morgan fingerprint density at radius 1 is 1.44 bits per heavy atom. The zero-order chi connectivity index (χ0) is 13.4. The smallest absolute Gasteiger partial charge is 0.242 e. The van der Waals surface area contributed by atoms with E-state index in [1.54, 1.807) is 4.90 Å². The van der Waals surface area contributed by atoms with Crippen LogP contribution in [0.15, 0.2) is 0 Å². The summed E-state index contributed by atoms with van der Waals surface area (Å²) >= 11 is 0. The molecule has 1 aliphatic heterocycles. The molecule has 1 aliphatic rings. The molecule has 1 heterocycles. The minimum Gasteiger partial charge on any atom is -0.341 e. The molecule has 5 nitrogen and oxygen atoms in total. The summed E-state index contributed by atoms with van der Waals surface area (Å²) in [6.45, 7) is 4.41. The van der Waals surface area contributed by atoms with Gasteiger partial charge >= 0.3 is 0 Å². The predicted octanol–water partition coefficient (Wildman–Crippen LogP) is 1.15. The molecule has 0 saturated carbocycles. The third-order valence-corrected chi connectivity index (χ3v) is 3.06. The maximum absolute atomic E-state index is 11.9. The maximum atomic E-state index is 11.9. The SMILES string of the molecule is CCCN1CCCN(C(=O)CCCC#N)CC1=O. The van der Waals surface area contributed by atoms with Crippen LogP contribution in [0, 0.1) is 11.3 Å². The van der Waals surface area contributed by atoms with Gasteiger partial charge in [-0.2, -0.15) is 5.26 Å². The topological polar surface area (TPSA) is 64.4 Å². The van der Waals surface area contributed by atoms with E-state index in [0.717, 1.165) is 25.9 Å². The zero-order valence-electron chi connectivity index (χ0n) is 11.0. The van der Waals surface area contributed by atoms with Gasteiger partial charge in [0.2, 0.25) is 11.8 Å². The summed E-state index contributed by atoms with van der Waals surface area (Å²) in [4.78, 5) is 27.3. The lowest BCUT2D eigenvalue weighted by molar-refractivity contribution is -0.138. The zero-order valence-corrected chi connectivity index (χ0v) is 11.0. The number of hydrogen-bond acceptors (Lipinski definition) is 3. The summed E-state index contributed by atoms with van der Waals surface area (Å²) in [7, 11) is 0. The maximum Gasteiger partial charge on any atom is 0.242 e. The van der Waals surface area contributed by atoms with E-state index in [1.165, 1.54) is 0 Å². The number of unbranched alkanes of at least 4 members (excludes halogenated alkanes) is 1. The van der Waals surface area contributed by atoms with Gasteiger partial charge in [-0.05, 0) is 19.3 Å². The van der Waals surface area contributed by atoms with E-state index in [-0.39, 0.29) is 18.4 Å². The molecule has 100 valence electrons. The fourth-order valence-corrected chi connectivity index (χ4v) is 2.12. The number of amides is 2. The van der Waals surface area contributed by atoms with Crippen LogP contribution in [0.25, 0.3) is 0 Å². The molecule has 0 spiro atoms. The van der Waals surface area contributed by atoms with Gasteiger partial charge in [-0.1, -0.05) is 6.92 Å². The van der Waals surface area contributed by atoms with Crippen LogP contribution in [0.2, 0.25) is 0 Å². The molecule has 0 bridgehead atoms. The summed E-state index contributed by atoms with van der Waals surface area (Å²) < 4.78 is 0. The monoisotopic (exact) mass is 251 g/mol. The summed E-state index contributed by atoms with van der Waals surface area (Å²) in [6, 6.07) is 2.02. The Hall–Kier alpha value is -1.57. The van der Waals surface area contributed by atoms with Crippen LogP contribution < -0.4 is 0 Å². The fourth-order valence-electron chi connectivity index (χ4n) is 2.12. The van der Waals surface area contributed by atoms with Gasteiger partial charge in [0.05, 0.1) is 12.6 Å². The number of carbonyl (C=O) groups excluding carboxylic acids is 2. The Labute approximate surface area is 108 Å². The van der Waals surface area contributed by atoms with Crippen LogP contribution in [0.3, 0.4) is 0 Å². The Morgan fingerprint density at radius 3 is 2.89 bits per heavy atom. The lowest BCUT2D eigenvalue weighted by Crippen LogP contribution is -2.39. The second-order valence-corrected chi connectivity index (χ2v) is 4.56. The molecule has 0 aromatic carbocycles. The van der Waals surface area contributed by atoms with Gasteiger partial charge in [-0.15, -0.1) is 0 Å². The molecule has 0 N–H and O–H groups in total. The van der Waals surface area contributed by atoms with Gasteiger partial charge in [-0.25, -0.2) is 0 Å². The van der Waals surface area contributed by atoms with Crippen LogP contribution >= 0.6 is 0 Å². The van der Waals surface area contributed by atoms with Gasteiger partial charge in [0.25, 0.3) is 0 Å². The molecule has 18 heavy (non-hydrogen) atoms. The molecule has 0 radical (unpaired) electrons. The fraction of sp³-hybridized carbons (Fsp3) is 0.769. The second kappa shape index (κ2) is 7.70. The molecule has 1 saturated heterocycles. The van der Waals surface area contributed by atoms with Crippen molar-refractivity contribution in [2.45, 2.75) is 39.0 Å². The van der Waals surface area contributed by atoms with Crippen molar-refractivity contribution in [2.24, 2.45) is 0 Å². The first-order valence-electron chi connectivity index (χ1n) is 6.61. The van der Waals surface area contributed by atoms with E-state index in [9.17, 15) is 9.59 Å². The highest BCUT2D eigenvalue weighted by molar-refractivity contribution is 5.85.